The van der Waals surface area contributed by atoms with Crippen molar-refractivity contribution in [3.63, 3.8) is 0 Å². The van der Waals surface area contributed by atoms with Crippen LogP contribution in [0, 0.1) is 13.8 Å². The van der Waals surface area contributed by atoms with Crippen molar-refractivity contribution in [3.05, 3.63) is 81.8 Å². The lowest BCUT2D eigenvalue weighted by Crippen LogP contribution is -2.34. The van der Waals surface area contributed by atoms with E-state index in [9.17, 15) is 4.79 Å². The van der Waals surface area contributed by atoms with E-state index in [1.165, 1.54) is 5.56 Å². The van der Waals surface area contributed by atoms with Gasteiger partial charge in [0.2, 0.25) is 0 Å². The minimum Gasteiger partial charge on any atom is -0.332 e. The topological polar surface area (TPSA) is 71.8 Å². The van der Waals surface area contributed by atoms with Gasteiger partial charge in [0.05, 0.1) is 5.69 Å². The quantitative estimate of drug-likeness (QED) is 0.407. The number of aromatic nitrogens is 3. The molecule has 4 aromatic rings. The maximum absolute atomic E-state index is 12.4. The van der Waals surface area contributed by atoms with Gasteiger partial charge < -0.3 is 5.32 Å². The molecule has 0 radical (unpaired) electrons. The van der Waals surface area contributed by atoms with Gasteiger partial charge >= 0.3 is 0 Å². The maximum Gasteiger partial charge on any atom is 0.257 e. The fraction of sp³-hybridized carbons (Fsp3) is 0.0909. The maximum atomic E-state index is 12.4. The van der Waals surface area contributed by atoms with Gasteiger partial charge in [-0.05, 0) is 80.2 Å². The first kappa shape index (κ1) is 20.2. The second-order valence-corrected chi connectivity index (χ2v) is 8.22. The molecule has 1 amide bonds. The number of aryl methyl sites for hydroxylation is 2. The number of carbonyl (C=O) groups excluding carboxylic acids is 1. The lowest BCUT2D eigenvalue weighted by Gasteiger charge is -2.11. The molecular formula is C22H18BrN5OS. The van der Waals surface area contributed by atoms with Crippen LogP contribution in [0.3, 0.4) is 0 Å². The molecule has 0 atom stereocenters. The van der Waals surface area contributed by atoms with Crippen LogP contribution in [0.2, 0.25) is 0 Å². The van der Waals surface area contributed by atoms with Crippen LogP contribution in [0.1, 0.15) is 21.5 Å². The Morgan fingerprint density at radius 2 is 1.60 bits per heavy atom. The molecule has 0 unspecified atom stereocenters. The minimum absolute atomic E-state index is 0.219. The van der Waals surface area contributed by atoms with E-state index in [1.807, 2.05) is 50.2 Å². The second-order valence-electron chi connectivity index (χ2n) is 6.90. The molecule has 2 N–H and O–H groups in total. The number of fused-ring (bicyclic) bond motifs is 1. The number of thiocarbonyl (C=S) groups is 1. The summed E-state index contributed by atoms with van der Waals surface area (Å²) >= 11 is 8.68. The molecular weight excluding hydrogens is 462 g/mol. The van der Waals surface area contributed by atoms with Gasteiger partial charge in [0, 0.05) is 15.7 Å². The number of anilines is 1. The Morgan fingerprint density at radius 1 is 0.967 bits per heavy atom. The molecule has 0 spiro atoms. The predicted molar refractivity (Wildman–Crippen MR) is 126 cm³/mol. The van der Waals surface area contributed by atoms with Gasteiger partial charge in [-0.1, -0.05) is 33.6 Å². The number of halogens is 1. The summed E-state index contributed by atoms with van der Waals surface area (Å²) in [6, 6.07) is 18.9. The van der Waals surface area contributed by atoms with Crippen LogP contribution in [-0.4, -0.2) is 26.0 Å². The van der Waals surface area contributed by atoms with Crippen molar-refractivity contribution in [2.45, 2.75) is 13.8 Å². The van der Waals surface area contributed by atoms with Gasteiger partial charge in [0.1, 0.15) is 11.0 Å². The second kappa shape index (κ2) is 8.33. The standard InChI is InChI=1S/C22H18BrN5OS/c1-13-3-9-17(10-4-13)28-26-19-11-14(2)18(12-20(19)27-28)24-22(30)25-21(29)15-5-7-16(23)8-6-15/h3-12H,1-2H3,(H2,24,25,29,30). The van der Waals surface area contributed by atoms with E-state index in [4.69, 9.17) is 12.2 Å². The molecule has 1 aromatic heterocycles. The molecule has 1 heterocycles. The number of hydrogen-bond acceptors (Lipinski definition) is 4. The third kappa shape index (κ3) is 4.39. The summed E-state index contributed by atoms with van der Waals surface area (Å²) in [5.41, 5.74) is 5.81. The SMILES string of the molecule is Cc1ccc(-n2nc3cc(C)c(NC(=S)NC(=O)c4ccc(Br)cc4)cc3n2)cc1. The van der Waals surface area contributed by atoms with Gasteiger partial charge in [-0.15, -0.1) is 10.2 Å². The number of nitrogens with one attached hydrogen (secondary N) is 2. The van der Waals surface area contributed by atoms with Crippen molar-refractivity contribution in [1.29, 1.82) is 0 Å². The van der Waals surface area contributed by atoms with Crippen molar-refractivity contribution < 1.29 is 4.79 Å². The van der Waals surface area contributed by atoms with Crippen LogP contribution in [-0.2, 0) is 0 Å². The van der Waals surface area contributed by atoms with Crippen LogP contribution in [0.5, 0.6) is 0 Å². The number of benzene rings is 3. The molecule has 0 saturated heterocycles. The summed E-state index contributed by atoms with van der Waals surface area (Å²) in [5.74, 6) is -0.274. The van der Waals surface area contributed by atoms with E-state index in [2.05, 4.69) is 36.8 Å². The monoisotopic (exact) mass is 479 g/mol. The summed E-state index contributed by atoms with van der Waals surface area (Å²) < 4.78 is 0.905. The average molecular weight is 480 g/mol. The Bertz CT molecular complexity index is 1250. The lowest BCUT2D eigenvalue weighted by atomic mass is 10.2. The first-order valence-corrected chi connectivity index (χ1v) is 10.4. The molecule has 3 aromatic carbocycles. The molecule has 150 valence electrons. The van der Waals surface area contributed by atoms with Gasteiger partial charge in [0.15, 0.2) is 5.11 Å². The number of carbonyl (C=O) groups is 1. The van der Waals surface area contributed by atoms with Crippen LogP contribution < -0.4 is 10.6 Å². The van der Waals surface area contributed by atoms with Crippen molar-refractivity contribution in [2.24, 2.45) is 0 Å². The Labute approximate surface area is 187 Å². The third-order valence-electron chi connectivity index (χ3n) is 4.57. The highest BCUT2D eigenvalue weighted by Crippen LogP contribution is 2.22. The summed E-state index contributed by atoms with van der Waals surface area (Å²) in [6.07, 6.45) is 0. The van der Waals surface area contributed by atoms with Gasteiger partial charge in [-0.25, -0.2) is 0 Å². The lowest BCUT2D eigenvalue weighted by molar-refractivity contribution is 0.0977. The Kier molecular flexibility index (Phi) is 5.61. The van der Waals surface area contributed by atoms with Crippen molar-refractivity contribution >= 4 is 55.9 Å². The summed E-state index contributed by atoms with van der Waals surface area (Å²) in [4.78, 5) is 14.0. The third-order valence-corrected chi connectivity index (χ3v) is 5.31. The number of nitrogens with zero attached hydrogens (tertiary/aromatic N) is 3. The van der Waals surface area contributed by atoms with Crippen LogP contribution in [0.4, 0.5) is 5.69 Å². The molecule has 4 rings (SSSR count). The number of rotatable bonds is 3. The average Bonchev–Trinajstić information content (AvgIpc) is 3.11. The molecule has 6 nitrogen and oxygen atoms in total. The van der Waals surface area contributed by atoms with Gasteiger partial charge in [-0.3, -0.25) is 10.1 Å². The Hall–Kier alpha value is -3.10. The van der Waals surface area contributed by atoms with Crippen molar-refractivity contribution in [2.75, 3.05) is 5.32 Å². The largest absolute Gasteiger partial charge is 0.332 e. The fourth-order valence-electron chi connectivity index (χ4n) is 2.93. The molecule has 0 fully saturated rings. The zero-order valence-corrected chi connectivity index (χ0v) is 18.7. The minimum atomic E-state index is -0.274. The molecule has 0 saturated carbocycles. The normalized spacial score (nSPS) is 10.8. The summed E-state index contributed by atoms with van der Waals surface area (Å²) in [5, 5.41) is 15.1. The first-order valence-electron chi connectivity index (χ1n) is 9.22. The zero-order chi connectivity index (χ0) is 21.3. The van der Waals surface area contributed by atoms with Crippen LogP contribution in [0.25, 0.3) is 16.7 Å². The van der Waals surface area contributed by atoms with E-state index >= 15 is 0 Å². The highest BCUT2D eigenvalue weighted by molar-refractivity contribution is 9.10. The Balaban J connectivity index is 1.52. The van der Waals surface area contributed by atoms with Crippen molar-refractivity contribution in [1.82, 2.24) is 20.3 Å². The molecule has 0 bridgehead atoms. The van der Waals surface area contributed by atoms with Crippen LogP contribution in [0.15, 0.2) is 65.1 Å². The number of amides is 1. The highest BCUT2D eigenvalue weighted by atomic mass is 79.9. The predicted octanol–water partition coefficient (Wildman–Crippen LogP) is 4.93. The van der Waals surface area contributed by atoms with Gasteiger partial charge in [0.25, 0.3) is 5.91 Å². The molecule has 0 aliphatic carbocycles. The molecule has 0 aliphatic rings. The molecule has 8 heteroatoms. The van der Waals surface area contributed by atoms with E-state index in [-0.39, 0.29) is 11.0 Å². The van der Waals surface area contributed by atoms with Gasteiger partial charge in [-0.2, -0.15) is 4.80 Å². The molecule has 0 aliphatic heterocycles. The van der Waals surface area contributed by atoms with E-state index in [0.29, 0.717) is 5.56 Å². The highest BCUT2D eigenvalue weighted by Gasteiger charge is 2.12. The molecule has 30 heavy (non-hydrogen) atoms. The van der Waals surface area contributed by atoms with Crippen molar-refractivity contribution in [3.8, 4) is 5.69 Å². The van der Waals surface area contributed by atoms with E-state index < -0.39 is 0 Å². The first-order chi connectivity index (χ1) is 14.4. The smallest absolute Gasteiger partial charge is 0.257 e. The van der Waals surface area contributed by atoms with E-state index in [1.54, 1.807) is 29.1 Å². The van der Waals surface area contributed by atoms with E-state index in [0.717, 1.165) is 32.4 Å². The fourth-order valence-corrected chi connectivity index (χ4v) is 3.39. The number of hydrogen-bond donors (Lipinski definition) is 2. The zero-order valence-electron chi connectivity index (χ0n) is 16.3. The Morgan fingerprint density at radius 3 is 2.27 bits per heavy atom. The summed E-state index contributed by atoms with van der Waals surface area (Å²) in [6.45, 7) is 3.99. The summed E-state index contributed by atoms with van der Waals surface area (Å²) in [7, 11) is 0. The van der Waals surface area contributed by atoms with Crippen LogP contribution >= 0.6 is 28.1 Å².